The monoisotopic (exact) mass is 321 g/mol. The summed E-state index contributed by atoms with van der Waals surface area (Å²) in [7, 11) is 1.58. The molecule has 0 bridgehead atoms. The second-order valence-electron chi connectivity index (χ2n) is 6.14. The van der Waals surface area contributed by atoms with Crippen LogP contribution in [-0.2, 0) is 0 Å². The highest BCUT2D eigenvalue weighted by Gasteiger charge is 2.28. The van der Waals surface area contributed by atoms with Crippen LogP contribution in [0.5, 0.6) is 11.5 Å². The lowest BCUT2D eigenvalue weighted by atomic mass is 10.0. The first-order valence-corrected chi connectivity index (χ1v) is 7.87. The zero-order valence-electron chi connectivity index (χ0n) is 13.9. The van der Waals surface area contributed by atoms with Crippen molar-refractivity contribution in [1.29, 1.82) is 0 Å². The number of ether oxygens (including phenoxy) is 1. The number of phenols is 1. The molecule has 1 aliphatic rings. The van der Waals surface area contributed by atoms with E-state index in [1.807, 2.05) is 23.7 Å². The molecule has 1 atom stereocenters. The molecule has 2 heterocycles. The minimum atomic E-state index is -0.269. The third-order valence-corrected chi connectivity index (χ3v) is 4.38. The number of hydrogen-bond acceptors (Lipinski definition) is 4. The summed E-state index contributed by atoms with van der Waals surface area (Å²) < 4.78 is 7.11. The van der Waals surface area contributed by atoms with Crippen LogP contribution in [0.3, 0.4) is 0 Å². The molecule has 5 nitrogen and oxygen atoms in total. The van der Waals surface area contributed by atoms with Gasteiger partial charge in [-0.05, 0) is 44.2 Å². The molecule has 1 unspecified atom stereocenters. The molecule has 1 aromatic heterocycles. The number of nitrogens with one attached hydrogen (secondary N) is 1. The number of aryl methyl sites for hydroxylation is 2. The molecule has 2 aromatic carbocycles. The van der Waals surface area contributed by atoms with Gasteiger partial charge in [-0.1, -0.05) is 11.6 Å². The van der Waals surface area contributed by atoms with Crippen molar-refractivity contribution in [2.45, 2.75) is 20.0 Å². The average molecular weight is 321 g/mol. The number of aromatic nitrogens is 2. The fraction of sp³-hybridized carbons (Fsp3) is 0.211. The Morgan fingerprint density at radius 2 is 1.96 bits per heavy atom. The summed E-state index contributed by atoms with van der Waals surface area (Å²) in [5.41, 5.74) is 6.11. The molecule has 24 heavy (non-hydrogen) atoms. The topological polar surface area (TPSA) is 59.3 Å². The fourth-order valence-corrected chi connectivity index (χ4v) is 3.21. The quantitative estimate of drug-likeness (QED) is 0.752. The number of benzene rings is 2. The van der Waals surface area contributed by atoms with Crippen molar-refractivity contribution in [3.63, 3.8) is 0 Å². The standard InChI is InChI=1S/C19H19N3O2/c1-11-4-7-16-15(8-11)17-9-12(2)21-22(17)19(20-16)14-6-5-13(24-3)10-18(14)23/h4-10,19-20,23H,1-3H3. The Morgan fingerprint density at radius 3 is 2.71 bits per heavy atom. The molecule has 0 spiro atoms. The van der Waals surface area contributed by atoms with E-state index in [9.17, 15) is 5.11 Å². The molecule has 1 aliphatic heterocycles. The van der Waals surface area contributed by atoms with Crippen LogP contribution in [0, 0.1) is 13.8 Å². The molecular formula is C19H19N3O2. The molecule has 122 valence electrons. The lowest BCUT2D eigenvalue weighted by molar-refractivity contribution is 0.404. The minimum absolute atomic E-state index is 0.182. The van der Waals surface area contributed by atoms with E-state index in [0.29, 0.717) is 5.75 Å². The van der Waals surface area contributed by atoms with Crippen molar-refractivity contribution in [1.82, 2.24) is 9.78 Å². The number of fused-ring (bicyclic) bond motifs is 3. The van der Waals surface area contributed by atoms with Crippen molar-refractivity contribution in [2.75, 3.05) is 12.4 Å². The van der Waals surface area contributed by atoms with Crippen LogP contribution in [0.15, 0.2) is 42.5 Å². The molecule has 3 aromatic rings. The predicted octanol–water partition coefficient (Wildman–Crippen LogP) is 3.85. The Kier molecular flexibility index (Phi) is 3.23. The van der Waals surface area contributed by atoms with Gasteiger partial charge >= 0.3 is 0 Å². The number of phenolic OH excluding ortho intramolecular Hbond substituents is 1. The molecule has 0 fully saturated rings. The third kappa shape index (κ3) is 2.21. The van der Waals surface area contributed by atoms with Crippen molar-refractivity contribution in [2.24, 2.45) is 0 Å². The van der Waals surface area contributed by atoms with Crippen LogP contribution in [0.25, 0.3) is 11.3 Å². The number of anilines is 1. The molecule has 0 amide bonds. The zero-order chi connectivity index (χ0) is 16.8. The summed E-state index contributed by atoms with van der Waals surface area (Å²) in [6.07, 6.45) is -0.269. The first kappa shape index (κ1) is 14.6. The summed E-state index contributed by atoms with van der Waals surface area (Å²) in [5, 5.41) is 18.6. The van der Waals surface area contributed by atoms with Gasteiger partial charge in [0.15, 0.2) is 6.17 Å². The van der Waals surface area contributed by atoms with Gasteiger partial charge in [0.05, 0.1) is 18.5 Å². The van der Waals surface area contributed by atoms with Crippen molar-refractivity contribution in [3.8, 4) is 22.8 Å². The number of hydrogen-bond donors (Lipinski definition) is 2. The van der Waals surface area contributed by atoms with Crippen LogP contribution in [0.4, 0.5) is 5.69 Å². The van der Waals surface area contributed by atoms with Crippen LogP contribution >= 0.6 is 0 Å². The Morgan fingerprint density at radius 1 is 1.12 bits per heavy atom. The summed E-state index contributed by atoms with van der Waals surface area (Å²) in [5.74, 6) is 0.807. The largest absolute Gasteiger partial charge is 0.507 e. The van der Waals surface area contributed by atoms with Crippen LogP contribution in [-0.4, -0.2) is 22.0 Å². The Bertz CT molecular complexity index is 930. The Labute approximate surface area is 140 Å². The van der Waals surface area contributed by atoms with E-state index in [1.54, 1.807) is 13.2 Å². The van der Waals surface area contributed by atoms with Crippen LogP contribution < -0.4 is 10.1 Å². The van der Waals surface area contributed by atoms with Gasteiger partial charge in [-0.15, -0.1) is 0 Å². The van der Waals surface area contributed by atoms with E-state index in [0.717, 1.165) is 28.2 Å². The highest BCUT2D eigenvalue weighted by Crippen LogP contribution is 2.41. The minimum Gasteiger partial charge on any atom is -0.507 e. The lowest BCUT2D eigenvalue weighted by Crippen LogP contribution is -2.25. The normalized spacial score (nSPS) is 15.4. The van der Waals surface area contributed by atoms with E-state index < -0.39 is 0 Å². The van der Waals surface area contributed by atoms with Gasteiger partial charge in [-0.3, -0.25) is 0 Å². The first-order valence-electron chi connectivity index (χ1n) is 7.87. The predicted molar refractivity (Wildman–Crippen MR) is 93.6 cm³/mol. The van der Waals surface area contributed by atoms with E-state index >= 15 is 0 Å². The van der Waals surface area contributed by atoms with Crippen molar-refractivity contribution in [3.05, 3.63) is 59.3 Å². The summed E-state index contributed by atoms with van der Waals surface area (Å²) >= 11 is 0. The van der Waals surface area contributed by atoms with E-state index in [-0.39, 0.29) is 11.9 Å². The van der Waals surface area contributed by atoms with Crippen molar-refractivity contribution >= 4 is 5.69 Å². The van der Waals surface area contributed by atoms with E-state index in [2.05, 4.69) is 41.6 Å². The molecule has 0 saturated carbocycles. The van der Waals surface area contributed by atoms with Crippen molar-refractivity contribution < 1.29 is 9.84 Å². The maximum absolute atomic E-state index is 10.4. The highest BCUT2D eigenvalue weighted by atomic mass is 16.5. The zero-order valence-corrected chi connectivity index (χ0v) is 13.9. The molecule has 4 rings (SSSR count). The molecule has 0 radical (unpaired) electrons. The number of methoxy groups -OCH3 is 1. The second kappa shape index (κ2) is 5.30. The third-order valence-electron chi connectivity index (χ3n) is 4.38. The Hall–Kier alpha value is -2.95. The molecule has 0 aliphatic carbocycles. The fourth-order valence-electron chi connectivity index (χ4n) is 3.21. The maximum Gasteiger partial charge on any atom is 0.150 e. The second-order valence-corrected chi connectivity index (χ2v) is 6.14. The lowest BCUT2D eigenvalue weighted by Gasteiger charge is -2.30. The van der Waals surface area contributed by atoms with E-state index in [1.165, 1.54) is 5.56 Å². The van der Waals surface area contributed by atoms with Gasteiger partial charge in [0.2, 0.25) is 0 Å². The summed E-state index contributed by atoms with van der Waals surface area (Å²) in [6.45, 7) is 4.06. The van der Waals surface area contributed by atoms with Gasteiger partial charge < -0.3 is 15.2 Å². The Balaban J connectivity index is 1.88. The molecular weight excluding hydrogens is 302 g/mol. The maximum atomic E-state index is 10.4. The van der Waals surface area contributed by atoms with Gasteiger partial charge in [0.1, 0.15) is 11.5 Å². The van der Waals surface area contributed by atoms with E-state index in [4.69, 9.17) is 4.74 Å². The number of rotatable bonds is 2. The molecule has 5 heteroatoms. The number of nitrogens with zero attached hydrogens (tertiary/aromatic N) is 2. The van der Waals surface area contributed by atoms with Gasteiger partial charge in [-0.25, -0.2) is 4.68 Å². The first-order chi connectivity index (χ1) is 11.6. The van der Waals surface area contributed by atoms with Gasteiger partial charge in [-0.2, -0.15) is 5.10 Å². The van der Waals surface area contributed by atoms with Gasteiger partial charge in [0.25, 0.3) is 0 Å². The smallest absolute Gasteiger partial charge is 0.150 e. The average Bonchev–Trinajstić information content (AvgIpc) is 2.96. The SMILES string of the molecule is COc1ccc(C2Nc3ccc(C)cc3-c3cc(C)nn32)c(O)c1. The van der Waals surface area contributed by atoms with Crippen LogP contribution in [0.2, 0.25) is 0 Å². The highest BCUT2D eigenvalue weighted by molar-refractivity contribution is 5.79. The summed E-state index contributed by atoms with van der Waals surface area (Å²) in [4.78, 5) is 0. The molecule has 2 N–H and O–H groups in total. The number of aromatic hydroxyl groups is 1. The summed E-state index contributed by atoms with van der Waals surface area (Å²) in [6, 6.07) is 13.7. The van der Waals surface area contributed by atoms with Gasteiger partial charge in [0, 0.05) is 22.9 Å². The molecule has 0 saturated heterocycles. The van der Waals surface area contributed by atoms with Crippen LogP contribution in [0.1, 0.15) is 23.0 Å².